The molecule has 46 heavy (non-hydrogen) atoms. The molecule has 1 unspecified atom stereocenters. The molecule has 0 radical (unpaired) electrons. The number of fused-ring (bicyclic) bond motifs is 5. The second kappa shape index (κ2) is 16.8. The normalized spacial score (nSPS) is 18.0. The predicted octanol–water partition coefficient (Wildman–Crippen LogP) is 2.26. The van der Waals surface area contributed by atoms with E-state index in [1.807, 2.05) is 43.3 Å². The summed E-state index contributed by atoms with van der Waals surface area (Å²) >= 11 is 0. The fraction of sp³-hybridized carbons (Fsp3) is 0.353. The number of pyridine rings is 1. The molecule has 1 fully saturated rings. The first-order chi connectivity index (χ1) is 21.9. The van der Waals surface area contributed by atoms with E-state index in [4.69, 9.17) is 26.4 Å². The van der Waals surface area contributed by atoms with Gasteiger partial charge in [0.1, 0.15) is 17.6 Å². The molecule has 3 aromatic rings. The van der Waals surface area contributed by atoms with Gasteiger partial charge in [0, 0.05) is 49.5 Å². The zero-order valence-electron chi connectivity index (χ0n) is 26.6. The molecule has 2 aliphatic rings. The van der Waals surface area contributed by atoms with Crippen LogP contribution in [0.25, 0.3) is 16.4 Å². The van der Waals surface area contributed by atoms with E-state index in [0.717, 1.165) is 56.2 Å². The Morgan fingerprint density at radius 3 is 2.89 bits per heavy atom. The molecule has 1 saturated heterocycles. The van der Waals surface area contributed by atoms with Crippen LogP contribution in [0.3, 0.4) is 0 Å². The maximum Gasteiger partial charge on any atom is 1.00 e. The van der Waals surface area contributed by atoms with Gasteiger partial charge in [-0.3, -0.25) is 11.4 Å². The SMILES string of the molecule is [CH-]=C/C(=C\[C-]=NC=[N-])Oc1ccc(Nc2ncnc3cc4c(nc23)N2CCCC(CCC(=O)/C=C/CN(C)C)[C@H](CO4)C2)cc1.[Li+]. The Morgan fingerprint density at radius 2 is 2.13 bits per heavy atom. The largest absolute Gasteiger partial charge is 1.00 e. The molecule has 2 atom stereocenters. The Balaban J connectivity index is 0.00000480. The van der Waals surface area contributed by atoms with Gasteiger partial charge in [-0.25, -0.2) is 27.5 Å². The summed E-state index contributed by atoms with van der Waals surface area (Å²) in [6, 6.07) is 9.22. The zero-order valence-corrected chi connectivity index (χ0v) is 26.6. The number of anilines is 3. The molecule has 0 spiro atoms. The van der Waals surface area contributed by atoms with Gasteiger partial charge in [-0.15, -0.1) is 6.08 Å². The molecule has 1 aromatic carbocycles. The number of likely N-dealkylation sites (N-methyl/N-ethyl adjacent to an activating group) is 1. The minimum absolute atomic E-state index is 0. The van der Waals surface area contributed by atoms with Crippen molar-refractivity contribution in [3.8, 4) is 11.5 Å². The van der Waals surface area contributed by atoms with Crippen molar-refractivity contribution in [2.24, 2.45) is 16.8 Å². The van der Waals surface area contributed by atoms with E-state index in [9.17, 15) is 4.79 Å². The van der Waals surface area contributed by atoms with Crippen molar-refractivity contribution in [1.29, 1.82) is 0 Å². The smallest absolute Gasteiger partial charge is 0.577 e. The summed E-state index contributed by atoms with van der Waals surface area (Å²) < 4.78 is 12.1. The fourth-order valence-corrected chi connectivity index (χ4v) is 5.57. The molecule has 1 N–H and O–H groups in total. The van der Waals surface area contributed by atoms with Gasteiger partial charge < -0.3 is 35.0 Å². The van der Waals surface area contributed by atoms with E-state index in [2.05, 4.69) is 31.4 Å². The number of hydrogen-bond acceptors (Lipinski definition) is 9. The second-order valence-electron chi connectivity index (χ2n) is 11.3. The minimum Gasteiger partial charge on any atom is -0.577 e. The second-order valence-corrected chi connectivity index (χ2v) is 11.3. The average Bonchev–Trinajstić information content (AvgIpc) is 3.35. The number of benzene rings is 1. The number of aliphatic imine (C=N–C) groups is 1. The van der Waals surface area contributed by atoms with Gasteiger partial charge in [0.05, 0.1) is 12.1 Å². The molecular weight excluding hydrogens is 575 g/mol. The van der Waals surface area contributed by atoms with Gasteiger partial charge in [0.2, 0.25) is 0 Å². The van der Waals surface area contributed by atoms with Gasteiger partial charge in [0.15, 0.2) is 23.2 Å². The summed E-state index contributed by atoms with van der Waals surface area (Å²) in [5, 5.41) is 12.0. The summed E-state index contributed by atoms with van der Waals surface area (Å²) in [6.45, 7) is 8.65. The van der Waals surface area contributed by atoms with E-state index in [1.165, 1.54) is 18.5 Å². The average molecular weight is 613 g/mol. The van der Waals surface area contributed by atoms with E-state index >= 15 is 0 Å². The molecule has 12 heteroatoms. The number of carbonyl (C=O) groups is 1. The van der Waals surface area contributed by atoms with Crippen LogP contribution in [-0.2, 0) is 4.79 Å². The summed E-state index contributed by atoms with van der Waals surface area (Å²) in [4.78, 5) is 34.3. The number of ether oxygens (including phenoxy) is 2. The molecular formula is C34H37LiN8O3-2. The van der Waals surface area contributed by atoms with E-state index in [-0.39, 0.29) is 24.6 Å². The maximum absolute atomic E-state index is 12.5. The Hall–Kier alpha value is -4.30. The molecule has 5 rings (SSSR count). The van der Waals surface area contributed by atoms with Crippen LogP contribution in [-0.4, -0.2) is 78.5 Å². The van der Waals surface area contributed by atoms with Gasteiger partial charge in [-0.2, -0.15) is 6.08 Å². The number of ketones is 1. The van der Waals surface area contributed by atoms with Crippen LogP contribution >= 0.6 is 0 Å². The van der Waals surface area contributed by atoms with Crippen LogP contribution in [0.1, 0.15) is 25.7 Å². The molecule has 234 valence electrons. The van der Waals surface area contributed by atoms with Crippen LogP contribution in [0.15, 0.2) is 71.7 Å². The molecule has 4 heterocycles. The number of hydrogen-bond donors (Lipinski definition) is 1. The monoisotopic (exact) mass is 612 g/mol. The summed E-state index contributed by atoms with van der Waals surface area (Å²) in [7, 11) is 3.98. The third kappa shape index (κ3) is 9.13. The van der Waals surface area contributed by atoms with Crippen LogP contribution < -0.4 is 38.6 Å². The van der Waals surface area contributed by atoms with Crippen LogP contribution in [0.2, 0.25) is 0 Å². The van der Waals surface area contributed by atoms with Crippen LogP contribution in [0.4, 0.5) is 17.3 Å². The van der Waals surface area contributed by atoms with Crippen LogP contribution in [0.5, 0.6) is 11.5 Å². The molecule has 11 nitrogen and oxygen atoms in total. The fourth-order valence-electron chi connectivity index (χ4n) is 5.57. The summed E-state index contributed by atoms with van der Waals surface area (Å²) in [6.07, 6.45) is 14.5. The van der Waals surface area contributed by atoms with E-state index < -0.39 is 0 Å². The topological polar surface area (TPSA) is 127 Å². The minimum atomic E-state index is 0. The molecule has 0 aliphatic carbocycles. The number of nitrogens with zero attached hydrogens (tertiary/aromatic N) is 7. The van der Waals surface area contributed by atoms with E-state index in [0.29, 0.717) is 59.6 Å². The Labute approximate surface area is 282 Å². The first-order valence-corrected chi connectivity index (χ1v) is 15.0. The van der Waals surface area contributed by atoms with Crippen molar-refractivity contribution in [1.82, 2.24) is 19.9 Å². The van der Waals surface area contributed by atoms with Crippen molar-refractivity contribution in [3.63, 3.8) is 0 Å². The molecule has 0 saturated carbocycles. The summed E-state index contributed by atoms with van der Waals surface area (Å²) in [5.74, 6) is 3.86. The van der Waals surface area contributed by atoms with Crippen molar-refractivity contribution in [3.05, 3.63) is 78.7 Å². The van der Waals surface area contributed by atoms with Crippen LogP contribution in [0, 0.1) is 18.4 Å². The molecule has 0 amide bonds. The predicted molar refractivity (Wildman–Crippen MR) is 177 cm³/mol. The first kappa shape index (κ1) is 34.6. The quantitative estimate of drug-likeness (QED) is 0.0588. The number of carbonyl (C=O) groups excluding carboxylic acids is 1. The van der Waals surface area contributed by atoms with E-state index in [1.54, 1.807) is 18.2 Å². The van der Waals surface area contributed by atoms with Gasteiger partial charge >= 0.3 is 18.9 Å². The standard InChI is InChI=1S/C34H37N8O3.Li/c1-4-28(15-16-36-22-35)45-29-13-10-26(11-14-29)39-33-32-30(37-23-38-33)19-31-34(40-32)42-18-5-7-24(25(20-42)21-44-31)9-12-27(43)8-6-17-41(2)3;/h1,4,6,8,10-11,13-15,19,22-25H,5,7,9,12,17-18,20-21H2,2-3H3,(H,37,38,39);/q-3;+1/b8-6+,28-15+;/t24?,25-;/m0./s1. The molecule has 2 aliphatic heterocycles. The molecule has 2 bridgehead atoms. The van der Waals surface area contributed by atoms with Crippen molar-refractivity contribution < 1.29 is 33.1 Å². The summed E-state index contributed by atoms with van der Waals surface area (Å²) in [5.41, 5.74) is 2.11. The Morgan fingerprint density at radius 1 is 1.30 bits per heavy atom. The van der Waals surface area contributed by atoms with Crippen molar-refractivity contribution in [2.75, 3.05) is 50.6 Å². The number of allylic oxidation sites excluding steroid dienone is 3. The third-order valence-electron chi connectivity index (χ3n) is 7.83. The zero-order chi connectivity index (χ0) is 31.6. The van der Waals surface area contributed by atoms with Crippen molar-refractivity contribution >= 4 is 46.7 Å². The number of rotatable bonds is 13. The van der Waals surface area contributed by atoms with Gasteiger partial charge in [-0.05, 0) is 69.6 Å². The Kier molecular flexibility index (Phi) is 12.7. The van der Waals surface area contributed by atoms with Crippen molar-refractivity contribution in [2.45, 2.75) is 25.7 Å². The Bertz CT molecular complexity index is 1610. The third-order valence-corrected chi connectivity index (χ3v) is 7.83. The maximum atomic E-state index is 12.5. The number of aromatic nitrogens is 3. The molecule has 2 aromatic heterocycles. The van der Waals surface area contributed by atoms with Gasteiger partial charge in [0.25, 0.3) is 0 Å². The first-order valence-electron chi connectivity index (χ1n) is 15.0. The van der Waals surface area contributed by atoms with Gasteiger partial charge in [-0.1, -0.05) is 6.08 Å². The number of nitrogens with one attached hydrogen (secondary N) is 1.